The van der Waals surface area contributed by atoms with Gasteiger partial charge in [0.25, 0.3) is 0 Å². The van der Waals surface area contributed by atoms with Gasteiger partial charge in [0.1, 0.15) is 0 Å². The van der Waals surface area contributed by atoms with Gasteiger partial charge < -0.3 is 14.5 Å². The third-order valence-corrected chi connectivity index (χ3v) is 3.50. The molecule has 1 fully saturated rings. The van der Waals surface area contributed by atoms with Crippen molar-refractivity contribution in [2.24, 2.45) is 10.9 Å². The van der Waals surface area contributed by atoms with E-state index in [0.717, 1.165) is 38.8 Å². The van der Waals surface area contributed by atoms with Crippen LogP contribution in [0.25, 0.3) is 0 Å². The maximum atomic E-state index is 5.44. The van der Waals surface area contributed by atoms with Crippen LogP contribution in [0.3, 0.4) is 0 Å². The minimum Gasteiger partial charge on any atom is -0.379 e. The van der Waals surface area contributed by atoms with Gasteiger partial charge in [0.2, 0.25) is 0 Å². The Balaban J connectivity index is 2.69. The molecule has 0 aromatic carbocycles. The molecular formula is C14H30N4O. The van der Waals surface area contributed by atoms with Crippen molar-refractivity contribution >= 4 is 5.96 Å². The van der Waals surface area contributed by atoms with Crippen LogP contribution in [0.2, 0.25) is 0 Å². The van der Waals surface area contributed by atoms with Crippen molar-refractivity contribution in [2.75, 3.05) is 61.0 Å². The number of guanidine groups is 1. The molecular weight excluding hydrogens is 240 g/mol. The van der Waals surface area contributed by atoms with Gasteiger partial charge in [0, 0.05) is 47.3 Å². The smallest absolute Gasteiger partial charge is 0.195 e. The molecule has 5 nitrogen and oxygen atoms in total. The van der Waals surface area contributed by atoms with E-state index in [9.17, 15) is 0 Å². The summed E-state index contributed by atoms with van der Waals surface area (Å²) in [4.78, 5) is 11.5. The second-order valence-electron chi connectivity index (χ2n) is 5.89. The monoisotopic (exact) mass is 270 g/mol. The SMILES string of the molecule is CC(C)C(CN=C(N(C)C)N(C)C)N1CCOCC1. The summed E-state index contributed by atoms with van der Waals surface area (Å²) in [7, 11) is 8.16. The highest BCUT2D eigenvalue weighted by molar-refractivity contribution is 5.79. The highest BCUT2D eigenvalue weighted by Crippen LogP contribution is 2.13. The Labute approximate surface area is 118 Å². The first-order chi connectivity index (χ1) is 8.93. The summed E-state index contributed by atoms with van der Waals surface area (Å²) in [6.45, 7) is 9.15. The van der Waals surface area contributed by atoms with Crippen LogP contribution in [0, 0.1) is 5.92 Å². The van der Waals surface area contributed by atoms with E-state index >= 15 is 0 Å². The lowest BCUT2D eigenvalue weighted by Crippen LogP contribution is -2.48. The molecule has 0 radical (unpaired) electrons. The molecule has 0 N–H and O–H groups in total. The first-order valence-electron chi connectivity index (χ1n) is 7.14. The van der Waals surface area contributed by atoms with Crippen molar-refractivity contribution in [3.8, 4) is 0 Å². The van der Waals surface area contributed by atoms with Gasteiger partial charge in [0.15, 0.2) is 5.96 Å². The lowest BCUT2D eigenvalue weighted by Gasteiger charge is -2.36. The molecule has 0 bridgehead atoms. The highest BCUT2D eigenvalue weighted by Gasteiger charge is 2.23. The predicted molar refractivity (Wildman–Crippen MR) is 80.7 cm³/mol. The zero-order valence-electron chi connectivity index (χ0n) is 13.4. The highest BCUT2D eigenvalue weighted by atomic mass is 16.5. The minimum absolute atomic E-state index is 0.499. The molecule has 0 aromatic rings. The van der Waals surface area contributed by atoms with E-state index in [1.54, 1.807) is 0 Å². The van der Waals surface area contributed by atoms with Crippen LogP contribution in [0.4, 0.5) is 0 Å². The molecule has 0 aliphatic carbocycles. The first-order valence-corrected chi connectivity index (χ1v) is 7.14. The Morgan fingerprint density at radius 2 is 1.63 bits per heavy atom. The number of aliphatic imine (C=N–C) groups is 1. The van der Waals surface area contributed by atoms with Crippen LogP contribution in [-0.4, -0.2) is 87.7 Å². The van der Waals surface area contributed by atoms with Crippen LogP contribution in [-0.2, 0) is 4.74 Å². The third kappa shape index (κ3) is 4.99. The van der Waals surface area contributed by atoms with Crippen molar-refractivity contribution in [1.82, 2.24) is 14.7 Å². The molecule has 0 amide bonds. The number of rotatable bonds is 4. The summed E-state index contributed by atoms with van der Waals surface area (Å²) in [5.74, 6) is 1.63. The Bertz CT molecular complexity index is 273. The Morgan fingerprint density at radius 3 is 2.05 bits per heavy atom. The van der Waals surface area contributed by atoms with Crippen molar-refractivity contribution in [3.63, 3.8) is 0 Å². The Morgan fingerprint density at radius 1 is 1.11 bits per heavy atom. The van der Waals surface area contributed by atoms with E-state index in [2.05, 4.69) is 28.5 Å². The van der Waals surface area contributed by atoms with E-state index < -0.39 is 0 Å². The van der Waals surface area contributed by atoms with Crippen molar-refractivity contribution in [1.29, 1.82) is 0 Å². The molecule has 1 aliphatic heterocycles. The van der Waals surface area contributed by atoms with E-state index in [-0.39, 0.29) is 0 Å². The predicted octanol–water partition coefficient (Wildman–Crippen LogP) is 0.822. The fourth-order valence-electron chi connectivity index (χ4n) is 2.52. The number of hydrogen-bond acceptors (Lipinski definition) is 3. The van der Waals surface area contributed by atoms with E-state index in [1.165, 1.54) is 0 Å². The van der Waals surface area contributed by atoms with Gasteiger partial charge in [-0.25, -0.2) is 0 Å². The fraction of sp³-hybridized carbons (Fsp3) is 0.929. The fourth-order valence-corrected chi connectivity index (χ4v) is 2.52. The standard InChI is InChI=1S/C14H30N4O/c1-12(2)13(18-7-9-19-10-8-18)11-15-14(16(3)4)17(5)6/h12-13H,7-11H2,1-6H3. The Hall–Kier alpha value is -0.810. The summed E-state index contributed by atoms with van der Waals surface area (Å²) >= 11 is 0. The zero-order chi connectivity index (χ0) is 14.4. The van der Waals surface area contributed by atoms with Crippen LogP contribution in [0.15, 0.2) is 4.99 Å². The number of nitrogens with zero attached hydrogens (tertiary/aromatic N) is 4. The topological polar surface area (TPSA) is 31.3 Å². The molecule has 0 saturated carbocycles. The summed E-state index contributed by atoms with van der Waals surface area (Å²) in [6, 6.07) is 0.499. The Kier molecular flexibility index (Phi) is 6.58. The van der Waals surface area contributed by atoms with Crippen molar-refractivity contribution < 1.29 is 4.74 Å². The largest absolute Gasteiger partial charge is 0.379 e. The van der Waals surface area contributed by atoms with Gasteiger partial charge in [-0.1, -0.05) is 13.8 Å². The second kappa shape index (κ2) is 7.70. The molecule has 5 heteroatoms. The second-order valence-corrected chi connectivity index (χ2v) is 5.89. The van der Waals surface area contributed by atoms with Gasteiger partial charge in [-0.05, 0) is 5.92 Å². The van der Waals surface area contributed by atoms with Gasteiger partial charge in [-0.15, -0.1) is 0 Å². The van der Waals surface area contributed by atoms with Crippen LogP contribution in [0.1, 0.15) is 13.8 Å². The van der Waals surface area contributed by atoms with Crippen LogP contribution >= 0.6 is 0 Å². The summed E-state index contributed by atoms with van der Waals surface area (Å²) < 4.78 is 5.44. The van der Waals surface area contributed by atoms with E-state index in [1.807, 2.05) is 28.2 Å². The molecule has 1 rings (SSSR count). The van der Waals surface area contributed by atoms with Gasteiger partial charge in [0.05, 0.1) is 19.8 Å². The van der Waals surface area contributed by atoms with Gasteiger partial charge in [-0.3, -0.25) is 9.89 Å². The summed E-state index contributed by atoms with van der Waals surface area (Å²) in [6.07, 6.45) is 0. The minimum atomic E-state index is 0.499. The van der Waals surface area contributed by atoms with Crippen molar-refractivity contribution in [3.05, 3.63) is 0 Å². The average Bonchev–Trinajstić information content (AvgIpc) is 2.34. The summed E-state index contributed by atoms with van der Waals surface area (Å²) in [5.41, 5.74) is 0. The molecule has 0 aromatic heterocycles. The lowest BCUT2D eigenvalue weighted by molar-refractivity contribution is 0.00860. The van der Waals surface area contributed by atoms with Gasteiger partial charge in [-0.2, -0.15) is 0 Å². The number of ether oxygens (including phenoxy) is 1. The van der Waals surface area contributed by atoms with Gasteiger partial charge >= 0.3 is 0 Å². The molecule has 1 unspecified atom stereocenters. The first kappa shape index (κ1) is 16.2. The molecule has 1 saturated heterocycles. The number of hydrogen-bond donors (Lipinski definition) is 0. The van der Waals surface area contributed by atoms with Crippen LogP contribution < -0.4 is 0 Å². The third-order valence-electron chi connectivity index (χ3n) is 3.50. The molecule has 19 heavy (non-hydrogen) atoms. The maximum absolute atomic E-state index is 5.44. The molecule has 0 spiro atoms. The molecule has 1 heterocycles. The average molecular weight is 270 g/mol. The maximum Gasteiger partial charge on any atom is 0.195 e. The molecule has 1 atom stereocenters. The number of morpholine rings is 1. The van der Waals surface area contributed by atoms with Crippen molar-refractivity contribution in [2.45, 2.75) is 19.9 Å². The summed E-state index contributed by atoms with van der Waals surface area (Å²) in [5, 5.41) is 0. The van der Waals surface area contributed by atoms with E-state index in [0.29, 0.717) is 12.0 Å². The zero-order valence-corrected chi connectivity index (χ0v) is 13.4. The molecule has 1 aliphatic rings. The lowest BCUT2D eigenvalue weighted by atomic mass is 10.0. The quantitative estimate of drug-likeness (QED) is 0.559. The van der Waals surface area contributed by atoms with E-state index in [4.69, 9.17) is 9.73 Å². The molecule has 112 valence electrons. The van der Waals surface area contributed by atoms with Crippen LogP contribution in [0.5, 0.6) is 0 Å². The normalized spacial score (nSPS) is 18.3.